The summed E-state index contributed by atoms with van der Waals surface area (Å²) in [4.78, 5) is 15.1. The van der Waals surface area contributed by atoms with Gasteiger partial charge in [-0.15, -0.1) is 11.3 Å². The molecule has 2 heterocycles. The second kappa shape index (κ2) is 7.25. The van der Waals surface area contributed by atoms with E-state index in [0.717, 1.165) is 17.0 Å². The Morgan fingerprint density at radius 1 is 1.17 bits per heavy atom. The number of H-pyrrole nitrogens is 1. The second-order valence-corrected chi connectivity index (χ2v) is 9.45. The molecule has 4 aromatic rings. The molecular formula is C20H17FN2O4S2. The van der Waals surface area contributed by atoms with Crippen molar-refractivity contribution in [3.05, 3.63) is 63.8 Å². The van der Waals surface area contributed by atoms with Crippen molar-refractivity contribution in [2.24, 2.45) is 0 Å². The molecule has 0 fully saturated rings. The fraction of sp³-hybridized carbons (Fsp3) is 0.150. The van der Waals surface area contributed by atoms with Crippen molar-refractivity contribution in [2.45, 2.75) is 12.7 Å². The molecule has 3 N–H and O–H groups in total. The number of sulfonamides is 1. The molecule has 1 unspecified atom stereocenters. The van der Waals surface area contributed by atoms with Gasteiger partial charge in [-0.2, -0.15) is 4.72 Å². The molecule has 29 heavy (non-hydrogen) atoms. The van der Waals surface area contributed by atoms with E-state index in [9.17, 15) is 22.7 Å². The number of thiophene rings is 1. The van der Waals surface area contributed by atoms with Crippen LogP contribution in [0.2, 0.25) is 0 Å². The standard InChI is InChI=1S/C20H17FN2O4S2/c1-29(26,27)23-16(21)10-11-2-4-12(5-3-11)17-15(24)7-6-14-18(17)13-8-9-28-19(13)20(25)22-14/h2-9,16,23-24H,10H2,1H3,(H,22,25). The largest absolute Gasteiger partial charge is 0.507 e. The first kappa shape index (κ1) is 19.6. The Labute approximate surface area is 169 Å². The smallest absolute Gasteiger partial charge is 0.266 e. The quantitative estimate of drug-likeness (QED) is 0.420. The molecule has 2 aromatic heterocycles. The molecule has 0 aliphatic carbocycles. The first-order valence-corrected chi connectivity index (χ1v) is 11.5. The Morgan fingerprint density at radius 2 is 1.90 bits per heavy atom. The maximum atomic E-state index is 13.9. The minimum Gasteiger partial charge on any atom is -0.507 e. The second-order valence-electron chi connectivity index (χ2n) is 6.76. The lowest BCUT2D eigenvalue weighted by Gasteiger charge is -2.12. The van der Waals surface area contributed by atoms with Crippen LogP contribution in [-0.2, 0) is 16.4 Å². The van der Waals surface area contributed by atoms with Gasteiger partial charge in [-0.05, 0) is 34.7 Å². The maximum Gasteiger partial charge on any atom is 0.266 e. The maximum absolute atomic E-state index is 13.9. The summed E-state index contributed by atoms with van der Waals surface area (Å²) in [6, 6.07) is 11.9. The highest BCUT2D eigenvalue weighted by Crippen LogP contribution is 2.39. The van der Waals surface area contributed by atoms with E-state index >= 15 is 0 Å². The molecule has 150 valence electrons. The average Bonchev–Trinajstić information content (AvgIpc) is 3.12. The summed E-state index contributed by atoms with van der Waals surface area (Å²) in [5.41, 5.74) is 2.30. The first-order chi connectivity index (χ1) is 13.7. The van der Waals surface area contributed by atoms with E-state index in [1.54, 1.807) is 30.3 Å². The molecule has 0 saturated heterocycles. The minimum atomic E-state index is -3.63. The average molecular weight is 432 g/mol. The SMILES string of the molecule is CS(=O)(=O)NC(F)Cc1ccc(-c2c(O)ccc3[nH]c(=O)c4sccc4c23)cc1. The Kier molecular flexibility index (Phi) is 4.89. The summed E-state index contributed by atoms with van der Waals surface area (Å²) in [6.45, 7) is 0. The topological polar surface area (TPSA) is 99.3 Å². The number of halogens is 1. The predicted octanol–water partition coefficient (Wildman–Crippen LogP) is 3.50. The van der Waals surface area contributed by atoms with E-state index in [-0.39, 0.29) is 17.7 Å². The van der Waals surface area contributed by atoms with Crippen LogP contribution in [0.5, 0.6) is 5.75 Å². The van der Waals surface area contributed by atoms with Gasteiger partial charge in [0.25, 0.3) is 5.56 Å². The number of aromatic hydroxyl groups is 1. The number of aromatic amines is 1. The molecule has 1 atom stereocenters. The molecule has 0 amide bonds. The number of aromatic nitrogens is 1. The van der Waals surface area contributed by atoms with Gasteiger partial charge in [0, 0.05) is 28.3 Å². The Morgan fingerprint density at radius 3 is 2.59 bits per heavy atom. The van der Waals surface area contributed by atoms with Gasteiger partial charge in [-0.1, -0.05) is 24.3 Å². The van der Waals surface area contributed by atoms with Crippen molar-refractivity contribution in [1.29, 1.82) is 0 Å². The summed E-state index contributed by atoms with van der Waals surface area (Å²) in [6.07, 6.45) is -0.935. The molecule has 0 radical (unpaired) electrons. The number of rotatable bonds is 5. The third-order valence-corrected chi connectivity index (χ3v) is 6.17. The van der Waals surface area contributed by atoms with Crippen LogP contribution >= 0.6 is 11.3 Å². The zero-order valence-corrected chi connectivity index (χ0v) is 16.9. The lowest BCUT2D eigenvalue weighted by atomic mass is 9.96. The van der Waals surface area contributed by atoms with Crippen LogP contribution in [0.3, 0.4) is 0 Å². The summed E-state index contributed by atoms with van der Waals surface area (Å²) < 4.78 is 38.7. The molecule has 0 aliphatic rings. The van der Waals surface area contributed by atoms with E-state index < -0.39 is 16.3 Å². The summed E-state index contributed by atoms with van der Waals surface area (Å²) in [5.74, 6) is 0.0620. The molecule has 4 rings (SSSR count). The third kappa shape index (κ3) is 3.89. The van der Waals surface area contributed by atoms with E-state index in [0.29, 0.717) is 26.9 Å². The molecule has 9 heteroatoms. The highest BCUT2D eigenvalue weighted by molar-refractivity contribution is 7.88. The number of benzene rings is 2. The number of nitrogens with one attached hydrogen (secondary N) is 2. The van der Waals surface area contributed by atoms with Gasteiger partial charge in [0.15, 0.2) is 6.30 Å². The monoisotopic (exact) mass is 432 g/mol. The van der Waals surface area contributed by atoms with Crippen LogP contribution in [0.15, 0.2) is 52.6 Å². The number of hydrogen-bond donors (Lipinski definition) is 3. The van der Waals surface area contributed by atoms with Crippen LogP contribution < -0.4 is 10.3 Å². The van der Waals surface area contributed by atoms with Gasteiger partial charge in [0.2, 0.25) is 10.0 Å². The number of phenols is 1. The van der Waals surface area contributed by atoms with Gasteiger partial charge in [0.1, 0.15) is 10.4 Å². The van der Waals surface area contributed by atoms with Gasteiger partial charge in [-0.3, -0.25) is 4.79 Å². The highest BCUT2D eigenvalue weighted by Gasteiger charge is 2.16. The fourth-order valence-electron chi connectivity index (χ4n) is 3.42. The number of fused-ring (bicyclic) bond motifs is 3. The van der Waals surface area contributed by atoms with Crippen molar-refractivity contribution >= 4 is 42.3 Å². The van der Waals surface area contributed by atoms with Crippen molar-refractivity contribution in [3.63, 3.8) is 0 Å². The number of alkyl halides is 1. The molecular weight excluding hydrogens is 415 g/mol. The Hall–Kier alpha value is -2.75. The van der Waals surface area contributed by atoms with Crippen molar-refractivity contribution < 1.29 is 17.9 Å². The minimum absolute atomic E-state index is 0.0620. The molecule has 0 saturated carbocycles. The predicted molar refractivity (Wildman–Crippen MR) is 114 cm³/mol. The fourth-order valence-corrected chi connectivity index (χ4v) is 4.76. The van der Waals surface area contributed by atoms with Crippen molar-refractivity contribution in [2.75, 3.05) is 6.26 Å². The van der Waals surface area contributed by atoms with Crippen LogP contribution in [-0.4, -0.2) is 31.1 Å². The van der Waals surface area contributed by atoms with Crippen LogP contribution in [0, 0.1) is 0 Å². The zero-order chi connectivity index (χ0) is 20.8. The van der Waals surface area contributed by atoms with Gasteiger partial charge < -0.3 is 10.1 Å². The van der Waals surface area contributed by atoms with Crippen molar-refractivity contribution in [3.8, 4) is 16.9 Å². The van der Waals surface area contributed by atoms with Gasteiger partial charge in [0.05, 0.1) is 6.26 Å². The van der Waals surface area contributed by atoms with Crippen LogP contribution in [0.4, 0.5) is 4.39 Å². The Bertz CT molecular complexity index is 1380. The molecule has 0 spiro atoms. The molecule has 2 aromatic carbocycles. The zero-order valence-electron chi connectivity index (χ0n) is 15.3. The summed E-state index contributed by atoms with van der Waals surface area (Å²) in [7, 11) is -3.63. The Balaban J connectivity index is 1.78. The van der Waals surface area contributed by atoms with E-state index in [1.807, 2.05) is 16.2 Å². The molecule has 0 bridgehead atoms. The third-order valence-electron chi connectivity index (χ3n) is 4.57. The number of phenolic OH excluding ortho intramolecular Hbond substituents is 1. The first-order valence-electron chi connectivity index (χ1n) is 8.69. The highest BCUT2D eigenvalue weighted by atomic mass is 32.2. The van der Waals surface area contributed by atoms with Gasteiger partial charge in [-0.25, -0.2) is 12.8 Å². The summed E-state index contributed by atoms with van der Waals surface area (Å²) >= 11 is 1.33. The number of pyridine rings is 1. The van der Waals surface area contributed by atoms with Crippen molar-refractivity contribution in [1.82, 2.24) is 9.71 Å². The normalized spacial score (nSPS) is 13.2. The lowest BCUT2D eigenvalue weighted by Crippen LogP contribution is -2.32. The van der Waals surface area contributed by atoms with Gasteiger partial charge >= 0.3 is 0 Å². The van der Waals surface area contributed by atoms with E-state index in [4.69, 9.17) is 0 Å². The molecule has 6 nitrogen and oxygen atoms in total. The number of hydrogen-bond acceptors (Lipinski definition) is 5. The van der Waals surface area contributed by atoms with E-state index in [1.165, 1.54) is 17.4 Å². The molecule has 0 aliphatic heterocycles. The lowest BCUT2D eigenvalue weighted by molar-refractivity contribution is 0.313. The van der Waals surface area contributed by atoms with E-state index in [2.05, 4.69) is 4.98 Å². The van der Waals surface area contributed by atoms with Crippen LogP contribution in [0.25, 0.3) is 32.1 Å². The summed E-state index contributed by atoms with van der Waals surface area (Å²) in [5, 5.41) is 13.9. The van der Waals surface area contributed by atoms with Crippen LogP contribution in [0.1, 0.15) is 5.56 Å².